The molecule has 3 rings (SSSR count). The van der Waals surface area contributed by atoms with Crippen molar-refractivity contribution in [2.24, 2.45) is 0 Å². The second kappa shape index (κ2) is 6.35. The molecule has 0 aliphatic carbocycles. The van der Waals surface area contributed by atoms with Gasteiger partial charge in [0, 0.05) is 17.4 Å². The van der Waals surface area contributed by atoms with Crippen LogP contribution in [0.1, 0.15) is 12.5 Å². The Hall–Kier alpha value is -2.75. The first kappa shape index (κ1) is 14.2. The number of amides is 1. The van der Waals surface area contributed by atoms with Gasteiger partial charge in [0.05, 0.1) is 13.0 Å². The lowest BCUT2D eigenvalue weighted by Gasteiger charge is -2.07. The van der Waals surface area contributed by atoms with E-state index in [0.29, 0.717) is 13.0 Å². The molecule has 2 aromatic carbocycles. The second-order valence-corrected chi connectivity index (χ2v) is 5.08. The summed E-state index contributed by atoms with van der Waals surface area (Å²) in [6, 6.07) is 15.4. The van der Waals surface area contributed by atoms with Gasteiger partial charge >= 0.3 is 0 Å². The third-order valence-corrected chi connectivity index (χ3v) is 3.43. The molecule has 1 amide bonds. The fourth-order valence-corrected chi connectivity index (χ4v) is 2.40. The van der Waals surface area contributed by atoms with Gasteiger partial charge in [0.1, 0.15) is 5.75 Å². The monoisotopic (exact) mass is 294 g/mol. The number of hydrogen-bond donors (Lipinski definition) is 2. The Balaban J connectivity index is 1.63. The lowest BCUT2D eigenvalue weighted by atomic mass is 10.1. The van der Waals surface area contributed by atoms with Crippen molar-refractivity contribution in [2.45, 2.75) is 13.3 Å². The molecule has 1 aromatic heterocycles. The van der Waals surface area contributed by atoms with Crippen molar-refractivity contribution < 1.29 is 9.53 Å². The van der Waals surface area contributed by atoms with Gasteiger partial charge < -0.3 is 15.0 Å². The molecule has 1 heterocycles. The van der Waals surface area contributed by atoms with Gasteiger partial charge in [-0.3, -0.25) is 4.79 Å². The SMILES string of the molecule is CCOc1ccc(NC(=O)Cc2ccc3cc[nH]c3c2)cc1. The Kier molecular flexibility index (Phi) is 4.10. The zero-order valence-corrected chi connectivity index (χ0v) is 12.4. The summed E-state index contributed by atoms with van der Waals surface area (Å²) in [4.78, 5) is 15.3. The Bertz CT molecular complexity index is 775. The van der Waals surface area contributed by atoms with Gasteiger partial charge in [-0.05, 0) is 54.3 Å². The fraction of sp³-hybridized carbons (Fsp3) is 0.167. The van der Waals surface area contributed by atoms with Crippen LogP contribution in [0.15, 0.2) is 54.7 Å². The minimum absolute atomic E-state index is 0.0323. The maximum Gasteiger partial charge on any atom is 0.228 e. The number of rotatable bonds is 5. The van der Waals surface area contributed by atoms with Gasteiger partial charge in [0.25, 0.3) is 0 Å². The molecule has 0 radical (unpaired) electrons. The molecule has 0 atom stereocenters. The Morgan fingerprint density at radius 2 is 1.95 bits per heavy atom. The molecular weight excluding hydrogens is 276 g/mol. The van der Waals surface area contributed by atoms with Gasteiger partial charge in [-0.15, -0.1) is 0 Å². The molecule has 4 heteroatoms. The lowest BCUT2D eigenvalue weighted by molar-refractivity contribution is -0.115. The molecule has 0 saturated heterocycles. The third-order valence-electron chi connectivity index (χ3n) is 3.43. The predicted molar refractivity (Wildman–Crippen MR) is 88.2 cm³/mol. The van der Waals surface area contributed by atoms with Gasteiger partial charge in [-0.2, -0.15) is 0 Å². The summed E-state index contributed by atoms with van der Waals surface area (Å²) >= 11 is 0. The van der Waals surface area contributed by atoms with E-state index >= 15 is 0 Å². The minimum atomic E-state index is -0.0323. The number of ether oxygens (including phenoxy) is 1. The van der Waals surface area contributed by atoms with Crippen LogP contribution in [0.5, 0.6) is 5.75 Å². The molecule has 22 heavy (non-hydrogen) atoms. The molecule has 0 fully saturated rings. The summed E-state index contributed by atoms with van der Waals surface area (Å²) in [6.07, 6.45) is 2.25. The molecule has 0 aliphatic rings. The summed E-state index contributed by atoms with van der Waals surface area (Å²) < 4.78 is 5.38. The van der Waals surface area contributed by atoms with E-state index in [1.807, 2.05) is 61.7 Å². The van der Waals surface area contributed by atoms with Crippen LogP contribution in [-0.4, -0.2) is 17.5 Å². The summed E-state index contributed by atoms with van der Waals surface area (Å²) in [5, 5.41) is 4.05. The van der Waals surface area contributed by atoms with Crippen LogP contribution in [0.3, 0.4) is 0 Å². The number of nitrogens with one attached hydrogen (secondary N) is 2. The van der Waals surface area contributed by atoms with E-state index in [2.05, 4.69) is 10.3 Å². The number of benzene rings is 2. The van der Waals surface area contributed by atoms with Crippen LogP contribution in [0.4, 0.5) is 5.69 Å². The number of aromatic amines is 1. The number of anilines is 1. The highest BCUT2D eigenvalue weighted by Crippen LogP contribution is 2.17. The van der Waals surface area contributed by atoms with Crippen molar-refractivity contribution in [2.75, 3.05) is 11.9 Å². The summed E-state index contributed by atoms with van der Waals surface area (Å²) in [7, 11) is 0. The van der Waals surface area contributed by atoms with Crippen LogP contribution in [0.25, 0.3) is 10.9 Å². The number of hydrogen-bond acceptors (Lipinski definition) is 2. The van der Waals surface area contributed by atoms with Gasteiger partial charge in [0.2, 0.25) is 5.91 Å². The summed E-state index contributed by atoms with van der Waals surface area (Å²) in [6.45, 7) is 2.57. The van der Waals surface area contributed by atoms with Crippen molar-refractivity contribution in [3.63, 3.8) is 0 Å². The molecule has 3 aromatic rings. The van der Waals surface area contributed by atoms with Crippen LogP contribution >= 0.6 is 0 Å². The van der Waals surface area contributed by atoms with Crippen molar-refractivity contribution in [3.8, 4) is 5.75 Å². The average Bonchev–Trinajstić information content (AvgIpc) is 2.97. The molecule has 0 saturated carbocycles. The van der Waals surface area contributed by atoms with Gasteiger partial charge in [0.15, 0.2) is 0 Å². The molecule has 112 valence electrons. The zero-order valence-electron chi connectivity index (χ0n) is 12.4. The molecule has 0 bridgehead atoms. The predicted octanol–water partition coefficient (Wildman–Crippen LogP) is 3.75. The zero-order chi connectivity index (χ0) is 15.4. The first-order chi connectivity index (χ1) is 10.7. The van der Waals surface area contributed by atoms with Crippen molar-refractivity contribution in [3.05, 3.63) is 60.3 Å². The van der Waals surface area contributed by atoms with Gasteiger partial charge in [-0.1, -0.05) is 12.1 Å². The van der Waals surface area contributed by atoms with E-state index in [-0.39, 0.29) is 5.91 Å². The van der Waals surface area contributed by atoms with E-state index in [1.54, 1.807) is 0 Å². The summed E-state index contributed by atoms with van der Waals surface area (Å²) in [5.41, 5.74) is 2.80. The van der Waals surface area contributed by atoms with Crippen LogP contribution in [-0.2, 0) is 11.2 Å². The Morgan fingerprint density at radius 3 is 2.73 bits per heavy atom. The normalized spacial score (nSPS) is 10.6. The van der Waals surface area contributed by atoms with E-state index in [0.717, 1.165) is 27.9 Å². The first-order valence-corrected chi connectivity index (χ1v) is 7.33. The Labute approximate surface area is 129 Å². The second-order valence-electron chi connectivity index (χ2n) is 5.08. The average molecular weight is 294 g/mol. The van der Waals surface area contributed by atoms with E-state index < -0.39 is 0 Å². The first-order valence-electron chi connectivity index (χ1n) is 7.33. The smallest absolute Gasteiger partial charge is 0.228 e. The van der Waals surface area contributed by atoms with Crippen molar-refractivity contribution in [1.29, 1.82) is 0 Å². The van der Waals surface area contributed by atoms with Crippen molar-refractivity contribution in [1.82, 2.24) is 4.98 Å². The van der Waals surface area contributed by atoms with Crippen LogP contribution < -0.4 is 10.1 Å². The number of carbonyl (C=O) groups excluding carboxylic acids is 1. The van der Waals surface area contributed by atoms with Crippen LogP contribution in [0, 0.1) is 0 Å². The maximum absolute atomic E-state index is 12.1. The highest BCUT2D eigenvalue weighted by Gasteiger charge is 2.05. The number of aromatic nitrogens is 1. The number of H-pyrrole nitrogens is 1. The lowest BCUT2D eigenvalue weighted by Crippen LogP contribution is -2.14. The third kappa shape index (κ3) is 3.28. The summed E-state index contributed by atoms with van der Waals surface area (Å²) in [5.74, 6) is 0.771. The molecule has 0 aliphatic heterocycles. The van der Waals surface area contributed by atoms with E-state index in [9.17, 15) is 4.79 Å². The highest BCUT2D eigenvalue weighted by atomic mass is 16.5. The Morgan fingerprint density at radius 1 is 1.14 bits per heavy atom. The number of carbonyl (C=O) groups is 1. The van der Waals surface area contributed by atoms with Crippen LogP contribution in [0.2, 0.25) is 0 Å². The fourth-order valence-electron chi connectivity index (χ4n) is 2.40. The molecule has 4 nitrogen and oxygen atoms in total. The largest absolute Gasteiger partial charge is 0.494 e. The van der Waals surface area contributed by atoms with Crippen molar-refractivity contribution >= 4 is 22.5 Å². The van der Waals surface area contributed by atoms with Gasteiger partial charge in [-0.25, -0.2) is 0 Å². The minimum Gasteiger partial charge on any atom is -0.494 e. The number of fused-ring (bicyclic) bond motifs is 1. The van der Waals surface area contributed by atoms with E-state index in [1.165, 1.54) is 0 Å². The molecule has 0 unspecified atom stereocenters. The highest BCUT2D eigenvalue weighted by molar-refractivity contribution is 5.93. The molecular formula is C18H18N2O2. The standard InChI is InChI=1S/C18H18N2O2/c1-2-22-16-7-5-15(6-8-16)20-18(21)12-13-3-4-14-9-10-19-17(14)11-13/h3-11,19H,2,12H2,1H3,(H,20,21). The topological polar surface area (TPSA) is 54.1 Å². The molecule has 2 N–H and O–H groups in total. The quantitative estimate of drug-likeness (QED) is 0.753. The van der Waals surface area contributed by atoms with E-state index in [4.69, 9.17) is 4.74 Å². The maximum atomic E-state index is 12.1. The molecule has 0 spiro atoms.